The van der Waals surface area contributed by atoms with Crippen LogP contribution in [0.25, 0.3) is 11.0 Å². The molecule has 0 radical (unpaired) electrons. The van der Waals surface area contributed by atoms with Crippen LogP contribution in [0.3, 0.4) is 0 Å². The normalized spacial score (nSPS) is 10.8. The number of para-hydroxylation sites is 2. The summed E-state index contributed by atoms with van der Waals surface area (Å²) in [5, 5.41) is 13.1. The van der Waals surface area contributed by atoms with Gasteiger partial charge in [0.1, 0.15) is 5.82 Å². The van der Waals surface area contributed by atoms with Gasteiger partial charge in [0, 0.05) is 19.8 Å². The first kappa shape index (κ1) is 12.4. The SMILES string of the molecule is Cn1cc(CCn2c(CC#N)nc3ccccc32)cn1. The summed E-state index contributed by atoms with van der Waals surface area (Å²) in [5.74, 6) is 0.831. The number of hydrogen-bond donors (Lipinski definition) is 0. The quantitative estimate of drug-likeness (QED) is 0.725. The molecule has 5 nitrogen and oxygen atoms in total. The third-order valence-corrected chi connectivity index (χ3v) is 3.35. The van der Waals surface area contributed by atoms with Crippen molar-refractivity contribution in [2.24, 2.45) is 7.05 Å². The van der Waals surface area contributed by atoms with Crippen LogP contribution in [0.5, 0.6) is 0 Å². The average Bonchev–Trinajstić information content (AvgIpc) is 3.00. The van der Waals surface area contributed by atoms with E-state index in [1.165, 1.54) is 5.56 Å². The van der Waals surface area contributed by atoms with E-state index in [1.807, 2.05) is 43.7 Å². The van der Waals surface area contributed by atoms with Crippen molar-refractivity contribution in [2.45, 2.75) is 19.4 Å². The summed E-state index contributed by atoms with van der Waals surface area (Å²) in [7, 11) is 1.91. The Bertz CT molecular complexity index is 775. The highest BCUT2D eigenvalue weighted by Gasteiger charge is 2.10. The van der Waals surface area contributed by atoms with Crippen molar-refractivity contribution in [3.8, 4) is 6.07 Å². The molecule has 2 aromatic heterocycles. The van der Waals surface area contributed by atoms with E-state index in [9.17, 15) is 0 Å². The van der Waals surface area contributed by atoms with Crippen LogP contribution in [-0.4, -0.2) is 19.3 Å². The van der Waals surface area contributed by atoms with Crippen molar-refractivity contribution in [2.75, 3.05) is 0 Å². The Morgan fingerprint density at radius 2 is 2.15 bits per heavy atom. The number of hydrogen-bond acceptors (Lipinski definition) is 3. The van der Waals surface area contributed by atoms with E-state index in [1.54, 1.807) is 4.68 Å². The summed E-state index contributed by atoms with van der Waals surface area (Å²) in [5.41, 5.74) is 3.22. The van der Waals surface area contributed by atoms with Gasteiger partial charge in [-0.15, -0.1) is 0 Å². The third-order valence-electron chi connectivity index (χ3n) is 3.35. The van der Waals surface area contributed by atoms with Crippen molar-refractivity contribution in [1.29, 1.82) is 5.26 Å². The molecule has 0 amide bonds. The first-order valence-electron chi connectivity index (χ1n) is 6.56. The maximum Gasteiger partial charge on any atom is 0.124 e. The van der Waals surface area contributed by atoms with Crippen molar-refractivity contribution >= 4 is 11.0 Å². The second kappa shape index (κ2) is 5.17. The number of aryl methyl sites for hydroxylation is 3. The first-order chi connectivity index (χ1) is 9.78. The minimum absolute atomic E-state index is 0.335. The van der Waals surface area contributed by atoms with Crippen LogP contribution in [0.15, 0.2) is 36.7 Å². The minimum Gasteiger partial charge on any atom is -0.327 e. The Labute approximate surface area is 117 Å². The van der Waals surface area contributed by atoms with Gasteiger partial charge in [0.15, 0.2) is 0 Å². The second-order valence-electron chi connectivity index (χ2n) is 4.78. The molecule has 0 fully saturated rings. The van der Waals surface area contributed by atoms with Crippen molar-refractivity contribution < 1.29 is 0 Å². The predicted octanol–water partition coefficient (Wildman–Crippen LogP) is 2.08. The minimum atomic E-state index is 0.335. The highest BCUT2D eigenvalue weighted by Crippen LogP contribution is 2.17. The summed E-state index contributed by atoms with van der Waals surface area (Å²) in [4.78, 5) is 4.54. The Balaban J connectivity index is 1.92. The molecule has 0 atom stereocenters. The van der Waals surface area contributed by atoms with Crippen LogP contribution in [0, 0.1) is 11.3 Å². The van der Waals surface area contributed by atoms with Gasteiger partial charge in [0.2, 0.25) is 0 Å². The van der Waals surface area contributed by atoms with Gasteiger partial charge in [-0.2, -0.15) is 10.4 Å². The molecule has 0 aliphatic heterocycles. The van der Waals surface area contributed by atoms with Crippen LogP contribution in [0.1, 0.15) is 11.4 Å². The first-order valence-corrected chi connectivity index (χ1v) is 6.56. The molecule has 0 saturated carbocycles. The summed E-state index contributed by atoms with van der Waals surface area (Å²) in [6.07, 6.45) is 5.11. The molecule has 0 spiro atoms. The van der Waals surface area contributed by atoms with Crippen LogP contribution in [0.2, 0.25) is 0 Å². The predicted molar refractivity (Wildman–Crippen MR) is 76.0 cm³/mol. The third kappa shape index (κ3) is 2.28. The fourth-order valence-corrected chi connectivity index (χ4v) is 2.42. The highest BCUT2D eigenvalue weighted by atomic mass is 15.2. The number of nitrogens with zero attached hydrogens (tertiary/aromatic N) is 5. The summed E-state index contributed by atoms with van der Waals surface area (Å²) < 4.78 is 3.93. The molecule has 100 valence electrons. The molecule has 0 saturated heterocycles. The Morgan fingerprint density at radius 1 is 1.30 bits per heavy atom. The summed E-state index contributed by atoms with van der Waals surface area (Å²) >= 11 is 0. The lowest BCUT2D eigenvalue weighted by molar-refractivity contribution is 0.682. The molecular weight excluding hydrogens is 250 g/mol. The molecule has 1 aromatic carbocycles. The van der Waals surface area contributed by atoms with Gasteiger partial charge in [0.05, 0.1) is 29.7 Å². The molecule has 0 aliphatic rings. The molecule has 0 unspecified atom stereocenters. The van der Waals surface area contributed by atoms with Gasteiger partial charge in [-0.05, 0) is 24.1 Å². The maximum absolute atomic E-state index is 8.94. The van der Waals surface area contributed by atoms with Crippen LogP contribution >= 0.6 is 0 Å². The molecule has 3 aromatic rings. The zero-order chi connectivity index (χ0) is 13.9. The molecular formula is C15H15N5. The lowest BCUT2D eigenvalue weighted by atomic mass is 10.2. The van der Waals surface area contributed by atoms with E-state index in [2.05, 4.69) is 20.7 Å². The number of benzene rings is 1. The van der Waals surface area contributed by atoms with Gasteiger partial charge >= 0.3 is 0 Å². The number of aromatic nitrogens is 4. The molecule has 20 heavy (non-hydrogen) atoms. The van der Waals surface area contributed by atoms with E-state index in [4.69, 9.17) is 5.26 Å². The molecule has 3 rings (SSSR count). The number of nitriles is 1. The fourth-order valence-electron chi connectivity index (χ4n) is 2.42. The Morgan fingerprint density at radius 3 is 2.90 bits per heavy atom. The Kier molecular flexibility index (Phi) is 3.21. The molecule has 0 bridgehead atoms. The van der Waals surface area contributed by atoms with Gasteiger partial charge in [-0.1, -0.05) is 12.1 Å². The lowest BCUT2D eigenvalue weighted by Crippen LogP contribution is -2.05. The zero-order valence-electron chi connectivity index (χ0n) is 11.3. The van der Waals surface area contributed by atoms with Crippen LogP contribution in [0.4, 0.5) is 0 Å². The van der Waals surface area contributed by atoms with Gasteiger partial charge < -0.3 is 4.57 Å². The van der Waals surface area contributed by atoms with Crippen molar-refractivity contribution in [3.63, 3.8) is 0 Å². The Hall–Kier alpha value is -2.61. The standard InChI is InChI=1S/C15H15N5/c1-19-11-12(10-17-19)7-9-20-14-5-3-2-4-13(14)18-15(20)6-8-16/h2-5,10-11H,6-7,9H2,1H3. The van der Waals surface area contributed by atoms with E-state index in [0.717, 1.165) is 29.8 Å². The largest absolute Gasteiger partial charge is 0.327 e. The van der Waals surface area contributed by atoms with Crippen LogP contribution in [-0.2, 0) is 26.4 Å². The molecule has 2 heterocycles. The topological polar surface area (TPSA) is 59.4 Å². The average molecular weight is 265 g/mol. The molecule has 0 aliphatic carbocycles. The molecule has 0 N–H and O–H groups in total. The van der Waals surface area contributed by atoms with E-state index in [0.29, 0.717) is 6.42 Å². The maximum atomic E-state index is 8.94. The summed E-state index contributed by atoms with van der Waals surface area (Å²) in [6, 6.07) is 10.2. The zero-order valence-corrected chi connectivity index (χ0v) is 11.3. The van der Waals surface area contributed by atoms with E-state index >= 15 is 0 Å². The van der Waals surface area contributed by atoms with Crippen LogP contribution < -0.4 is 0 Å². The van der Waals surface area contributed by atoms with E-state index in [-0.39, 0.29) is 0 Å². The van der Waals surface area contributed by atoms with Crippen molar-refractivity contribution in [1.82, 2.24) is 19.3 Å². The smallest absolute Gasteiger partial charge is 0.124 e. The molecule has 5 heteroatoms. The number of fused-ring (bicyclic) bond motifs is 1. The lowest BCUT2D eigenvalue weighted by Gasteiger charge is -2.06. The number of imidazole rings is 1. The van der Waals surface area contributed by atoms with Gasteiger partial charge in [0.25, 0.3) is 0 Å². The van der Waals surface area contributed by atoms with Gasteiger partial charge in [-0.3, -0.25) is 4.68 Å². The fraction of sp³-hybridized carbons (Fsp3) is 0.267. The van der Waals surface area contributed by atoms with Crippen molar-refractivity contribution in [3.05, 3.63) is 48.0 Å². The number of rotatable bonds is 4. The highest BCUT2D eigenvalue weighted by molar-refractivity contribution is 5.75. The van der Waals surface area contributed by atoms with Gasteiger partial charge in [-0.25, -0.2) is 4.98 Å². The summed E-state index contributed by atoms with van der Waals surface area (Å²) in [6.45, 7) is 0.809. The van der Waals surface area contributed by atoms with E-state index < -0.39 is 0 Å². The second-order valence-corrected chi connectivity index (χ2v) is 4.78. The monoisotopic (exact) mass is 265 g/mol.